The molecule has 18 heavy (non-hydrogen) atoms. The number of hydrogen-bond donors (Lipinski definition) is 0. The van der Waals surface area contributed by atoms with Gasteiger partial charge in [0.05, 0.1) is 10.5 Å². The molecule has 0 aromatic heterocycles. The summed E-state index contributed by atoms with van der Waals surface area (Å²) in [5, 5.41) is 0. The van der Waals surface area contributed by atoms with Crippen LogP contribution in [0, 0.1) is 5.82 Å². The highest BCUT2D eigenvalue weighted by Gasteiger charge is 2.24. The fourth-order valence-electron chi connectivity index (χ4n) is 2.13. The summed E-state index contributed by atoms with van der Waals surface area (Å²) < 4.78 is 13.6. The minimum absolute atomic E-state index is 0.100. The molecule has 1 fully saturated rings. The Kier molecular flexibility index (Phi) is 4.22. The number of halogens is 2. The average molecular weight is 315 g/mol. The van der Waals surface area contributed by atoms with E-state index in [0.29, 0.717) is 31.9 Å². The Morgan fingerprint density at radius 1 is 1.28 bits per heavy atom. The first-order chi connectivity index (χ1) is 8.59. The molecular weight excluding hydrogens is 299 g/mol. The summed E-state index contributed by atoms with van der Waals surface area (Å²) in [4.78, 5) is 15.4. The van der Waals surface area contributed by atoms with Crippen molar-refractivity contribution in [1.29, 1.82) is 0 Å². The smallest absolute Gasteiger partial charge is 0.236 e. The minimum Gasteiger partial charge on any atom is -0.366 e. The zero-order chi connectivity index (χ0) is 13.1. The molecule has 98 valence electrons. The number of carbonyl (C=O) groups excluding carboxylic acids is 1. The van der Waals surface area contributed by atoms with E-state index in [1.165, 1.54) is 6.07 Å². The van der Waals surface area contributed by atoms with Crippen molar-refractivity contribution >= 4 is 27.5 Å². The Hall–Kier alpha value is -1.10. The molecule has 5 heteroatoms. The molecule has 2 rings (SSSR count). The van der Waals surface area contributed by atoms with Crippen LogP contribution in [0.5, 0.6) is 0 Å². The number of para-hydroxylation sites is 1. The lowest BCUT2D eigenvalue weighted by Crippen LogP contribution is -2.50. The van der Waals surface area contributed by atoms with Gasteiger partial charge in [-0.1, -0.05) is 28.1 Å². The number of benzene rings is 1. The van der Waals surface area contributed by atoms with Gasteiger partial charge >= 0.3 is 0 Å². The second-order valence-corrected chi connectivity index (χ2v) is 5.75. The van der Waals surface area contributed by atoms with Crippen molar-refractivity contribution in [2.75, 3.05) is 31.1 Å². The number of anilines is 1. The maximum atomic E-state index is 13.6. The molecule has 0 radical (unpaired) electrons. The predicted octanol–water partition coefficient (Wildman–Crippen LogP) is 2.26. The molecule has 0 N–H and O–H groups in total. The van der Waals surface area contributed by atoms with Crippen LogP contribution in [0.2, 0.25) is 0 Å². The highest BCUT2D eigenvalue weighted by Crippen LogP contribution is 2.20. The third kappa shape index (κ3) is 2.83. The number of amides is 1. The normalized spacial score (nSPS) is 17.7. The van der Waals surface area contributed by atoms with Crippen LogP contribution in [0.15, 0.2) is 24.3 Å². The molecule has 1 unspecified atom stereocenters. The van der Waals surface area contributed by atoms with Crippen LogP contribution in [0.3, 0.4) is 0 Å². The summed E-state index contributed by atoms with van der Waals surface area (Å²) in [5.74, 6) is -0.102. The van der Waals surface area contributed by atoms with Crippen molar-refractivity contribution in [3.63, 3.8) is 0 Å². The summed E-state index contributed by atoms with van der Waals surface area (Å²) >= 11 is 3.28. The molecule has 1 heterocycles. The Bertz CT molecular complexity index is 431. The van der Waals surface area contributed by atoms with Gasteiger partial charge in [-0.25, -0.2) is 4.39 Å². The maximum Gasteiger partial charge on any atom is 0.236 e. The Labute approximate surface area is 115 Å². The summed E-state index contributed by atoms with van der Waals surface area (Å²) in [6.45, 7) is 4.45. The van der Waals surface area contributed by atoms with Crippen molar-refractivity contribution in [1.82, 2.24) is 4.90 Å². The first-order valence-corrected chi connectivity index (χ1v) is 6.93. The van der Waals surface area contributed by atoms with Gasteiger partial charge < -0.3 is 9.80 Å². The number of nitrogens with zero attached hydrogens (tertiary/aromatic N) is 2. The van der Waals surface area contributed by atoms with Crippen LogP contribution in [-0.4, -0.2) is 41.8 Å². The summed E-state index contributed by atoms with van der Waals surface area (Å²) in [7, 11) is 0. The Morgan fingerprint density at radius 2 is 1.89 bits per heavy atom. The lowest BCUT2D eigenvalue weighted by molar-refractivity contribution is -0.130. The number of rotatable bonds is 2. The van der Waals surface area contributed by atoms with Gasteiger partial charge in [0.15, 0.2) is 0 Å². The fraction of sp³-hybridized carbons (Fsp3) is 0.462. The van der Waals surface area contributed by atoms with Gasteiger partial charge in [0.2, 0.25) is 5.91 Å². The van der Waals surface area contributed by atoms with Crippen LogP contribution in [0.1, 0.15) is 6.92 Å². The van der Waals surface area contributed by atoms with Crippen molar-refractivity contribution in [3.8, 4) is 0 Å². The van der Waals surface area contributed by atoms with E-state index in [0.717, 1.165) is 0 Å². The first-order valence-electron chi connectivity index (χ1n) is 6.02. The fourth-order valence-corrected chi connectivity index (χ4v) is 2.42. The molecule has 0 bridgehead atoms. The molecule has 1 aliphatic heterocycles. The monoisotopic (exact) mass is 314 g/mol. The summed E-state index contributed by atoms with van der Waals surface area (Å²) in [5.41, 5.74) is 0.622. The third-order valence-corrected chi connectivity index (χ3v) is 3.52. The molecule has 0 spiro atoms. The van der Waals surface area contributed by atoms with E-state index in [2.05, 4.69) is 15.9 Å². The van der Waals surface area contributed by atoms with Gasteiger partial charge in [0.25, 0.3) is 0 Å². The van der Waals surface area contributed by atoms with E-state index in [1.54, 1.807) is 12.1 Å². The van der Waals surface area contributed by atoms with Gasteiger partial charge in [-0.2, -0.15) is 0 Å². The standard InChI is InChI=1S/C13H16BrFN2O/c1-10(14)13(18)17-8-6-16(7-9-17)12-5-3-2-4-11(12)15/h2-5,10H,6-9H2,1H3. The van der Waals surface area contributed by atoms with Gasteiger partial charge in [0.1, 0.15) is 5.82 Å². The quantitative estimate of drug-likeness (QED) is 0.782. The van der Waals surface area contributed by atoms with E-state index >= 15 is 0 Å². The Balaban J connectivity index is 1.99. The van der Waals surface area contributed by atoms with Crippen LogP contribution >= 0.6 is 15.9 Å². The van der Waals surface area contributed by atoms with E-state index in [1.807, 2.05) is 22.8 Å². The van der Waals surface area contributed by atoms with Gasteiger partial charge in [-0.05, 0) is 19.1 Å². The minimum atomic E-state index is -0.203. The van der Waals surface area contributed by atoms with Crippen molar-refractivity contribution in [2.45, 2.75) is 11.8 Å². The maximum absolute atomic E-state index is 13.6. The molecule has 1 aromatic carbocycles. The van der Waals surface area contributed by atoms with E-state index < -0.39 is 0 Å². The molecule has 1 amide bonds. The van der Waals surface area contributed by atoms with Crippen molar-refractivity contribution in [3.05, 3.63) is 30.1 Å². The summed E-state index contributed by atoms with van der Waals surface area (Å²) in [6.07, 6.45) is 0. The largest absolute Gasteiger partial charge is 0.366 e. The number of hydrogen-bond acceptors (Lipinski definition) is 2. The highest BCUT2D eigenvalue weighted by molar-refractivity contribution is 9.10. The third-order valence-electron chi connectivity index (χ3n) is 3.12. The van der Waals surface area contributed by atoms with Crippen LogP contribution in [-0.2, 0) is 4.79 Å². The molecule has 1 aromatic rings. The van der Waals surface area contributed by atoms with Crippen LogP contribution < -0.4 is 4.90 Å². The van der Waals surface area contributed by atoms with Crippen molar-refractivity contribution in [2.24, 2.45) is 0 Å². The van der Waals surface area contributed by atoms with Crippen molar-refractivity contribution < 1.29 is 9.18 Å². The lowest BCUT2D eigenvalue weighted by Gasteiger charge is -2.36. The number of carbonyl (C=O) groups is 1. The van der Waals surface area contributed by atoms with Crippen LogP contribution in [0.4, 0.5) is 10.1 Å². The molecule has 1 aliphatic rings. The highest BCUT2D eigenvalue weighted by atomic mass is 79.9. The molecule has 1 atom stereocenters. The number of piperazine rings is 1. The number of alkyl halides is 1. The van der Waals surface area contributed by atoms with Gasteiger partial charge in [-0.15, -0.1) is 0 Å². The first kappa shape index (κ1) is 13.3. The zero-order valence-corrected chi connectivity index (χ0v) is 11.9. The van der Waals surface area contributed by atoms with E-state index in [4.69, 9.17) is 0 Å². The SMILES string of the molecule is CC(Br)C(=O)N1CCN(c2ccccc2F)CC1. The molecule has 0 aliphatic carbocycles. The zero-order valence-electron chi connectivity index (χ0n) is 10.3. The van der Waals surface area contributed by atoms with Gasteiger partial charge in [0, 0.05) is 26.2 Å². The topological polar surface area (TPSA) is 23.6 Å². The molecule has 1 saturated heterocycles. The molecular formula is C13H16BrFN2O. The average Bonchev–Trinajstić information content (AvgIpc) is 2.38. The molecule has 3 nitrogen and oxygen atoms in total. The second kappa shape index (κ2) is 5.69. The molecule has 0 saturated carbocycles. The summed E-state index contributed by atoms with van der Waals surface area (Å²) in [6, 6.07) is 6.76. The van der Waals surface area contributed by atoms with E-state index in [-0.39, 0.29) is 16.6 Å². The Morgan fingerprint density at radius 3 is 2.44 bits per heavy atom. The lowest BCUT2D eigenvalue weighted by atomic mass is 10.2. The van der Waals surface area contributed by atoms with E-state index in [9.17, 15) is 9.18 Å². The van der Waals surface area contributed by atoms with Gasteiger partial charge in [-0.3, -0.25) is 4.79 Å². The van der Waals surface area contributed by atoms with Crippen LogP contribution in [0.25, 0.3) is 0 Å². The second-order valence-electron chi connectivity index (χ2n) is 4.38. The predicted molar refractivity (Wildman–Crippen MR) is 73.6 cm³/mol.